The van der Waals surface area contributed by atoms with E-state index in [1.54, 1.807) is 36.4 Å². The van der Waals surface area contributed by atoms with E-state index in [4.69, 9.17) is 10.00 Å². The van der Waals surface area contributed by atoms with Crippen LogP contribution in [0.5, 0.6) is 0 Å². The van der Waals surface area contributed by atoms with Crippen LogP contribution in [-0.2, 0) is 4.74 Å². The molecule has 0 saturated heterocycles. The molecule has 0 aromatic heterocycles. The van der Waals surface area contributed by atoms with E-state index >= 15 is 0 Å². The number of hydrogen-bond donors (Lipinski definition) is 0. The molecular formula is C24H19NO3. The fraction of sp³-hybridized carbons (Fsp3) is 0.125. The van der Waals surface area contributed by atoms with Crippen LogP contribution in [0.1, 0.15) is 49.1 Å². The topological polar surface area (TPSA) is 67.2 Å². The van der Waals surface area contributed by atoms with Crippen LogP contribution in [-0.4, -0.2) is 11.8 Å². The van der Waals surface area contributed by atoms with Gasteiger partial charge in [0.25, 0.3) is 0 Å². The van der Waals surface area contributed by atoms with Crippen molar-refractivity contribution in [2.45, 2.75) is 20.0 Å². The molecule has 0 radical (unpaired) electrons. The van der Waals surface area contributed by atoms with E-state index in [2.05, 4.69) is 0 Å². The minimum atomic E-state index is -1.05. The van der Waals surface area contributed by atoms with Gasteiger partial charge in [-0.25, -0.2) is 4.79 Å². The van der Waals surface area contributed by atoms with Crippen molar-refractivity contribution in [3.05, 3.63) is 106 Å². The predicted molar refractivity (Wildman–Crippen MR) is 106 cm³/mol. The first-order chi connectivity index (χ1) is 13.5. The van der Waals surface area contributed by atoms with Gasteiger partial charge in [-0.1, -0.05) is 59.7 Å². The molecule has 3 rings (SSSR count). The zero-order chi connectivity index (χ0) is 20.1. The monoisotopic (exact) mass is 369 g/mol. The van der Waals surface area contributed by atoms with Crippen LogP contribution in [0.3, 0.4) is 0 Å². The summed E-state index contributed by atoms with van der Waals surface area (Å²) in [4.78, 5) is 25.7. The summed E-state index contributed by atoms with van der Waals surface area (Å²) in [5, 5.41) is 8.89. The second-order valence-electron chi connectivity index (χ2n) is 6.62. The highest BCUT2D eigenvalue weighted by atomic mass is 16.5. The number of ketones is 1. The highest BCUT2D eigenvalue weighted by molar-refractivity contribution is 6.02. The molecule has 0 spiro atoms. The smallest absolute Gasteiger partial charge is 0.339 e. The van der Waals surface area contributed by atoms with Crippen molar-refractivity contribution in [2.75, 3.05) is 0 Å². The van der Waals surface area contributed by atoms with Crippen molar-refractivity contribution in [3.63, 3.8) is 0 Å². The molecule has 3 aromatic carbocycles. The number of rotatable bonds is 5. The molecule has 4 nitrogen and oxygen atoms in total. The molecule has 0 N–H and O–H groups in total. The molecule has 0 bridgehead atoms. The average Bonchev–Trinajstić information content (AvgIpc) is 2.73. The maximum Gasteiger partial charge on any atom is 0.339 e. The molecule has 138 valence electrons. The quantitative estimate of drug-likeness (QED) is 0.471. The number of aryl methyl sites for hydroxylation is 2. The van der Waals surface area contributed by atoms with Crippen molar-refractivity contribution in [2.24, 2.45) is 0 Å². The van der Waals surface area contributed by atoms with Gasteiger partial charge < -0.3 is 4.74 Å². The first kappa shape index (κ1) is 19.1. The van der Waals surface area contributed by atoms with E-state index in [9.17, 15) is 9.59 Å². The molecule has 0 aliphatic carbocycles. The van der Waals surface area contributed by atoms with E-state index in [1.807, 2.05) is 44.2 Å². The lowest BCUT2D eigenvalue weighted by Gasteiger charge is -2.18. The third kappa shape index (κ3) is 4.33. The molecule has 0 unspecified atom stereocenters. The van der Waals surface area contributed by atoms with Crippen LogP contribution in [0.2, 0.25) is 0 Å². The number of benzene rings is 3. The van der Waals surface area contributed by atoms with Gasteiger partial charge in [0.2, 0.25) is 5.78 Å². The van der Waals surface area contributed by atoms with Crippen molar-refractivity contribution in [1.82, 2.24) is 0 Å². The van der Waals surface area contributed by atoms with Crippen LogP contribution in [0.15, 0.2) is 72.8 Å². The van der Waals surface area contributed by atoms with Gasteiger partial charge in [0.1, 0.15) is 0 Å². The summed E-state index contributed by atoms with van der Waals surface area (Å²) in [6.07, 6.45) is -1.05. The maximum absolute atomic E-state index is 13.1. The number of ether oxygens (including phenoxy) is 1. The largest absolute Gasteiger partial charge is 0.445 e. The Labute approximate surface area is 164 Å². The summed E-state index contributed by atoms with van der Waals surface area (Å²) in [6, 6.07) is 22.6. The zero-order valence-corrected chi connectivity index (χ0v) is 15.7. The van der Waals surface area contributed by atoms with Crippen molar-refractivity contribution in [3.8, 4) is 6.07 Å². The highest BCUT2D eigenvalue weighted by Crippen LogP contribution is 2.25. The Morgan fingerprint density at radius 2 is 1.29 bits per heavy atom. The Balaban J connectivity index is 1.92. The predicted octanol–water partition coefficient (Wildman–Crippen LogP) is 4.96. The molecule has 0 fully saturated rings. The summed E-state index contributed by atoms with van der Waals surface area (Å²) in [7, 11) is 0. The molecule has 0 heterocycles. The van der Waals surface area contributed by atoms with Gasteiger partial charge in [0, 0.05) is 11.1 Å². The molecule has 4 heteroatoms. The van der Waals surface area contributed by atoms with E-state index in [-0.39, 0.29) is 11.3 Å². The van der Waals surface area contributed by atoms with Gasteiger partial charge in [0.15, 0.2) is 6.10 Å². The van der Waals surface area contributed by atoms with E-state index in [1.165, 1.54) is 12.1 Å². The standard InChI is InChI=1S/C24H19NO3/c1-16-3-9-19(10-4-16)22(26)23(20-11-5-17(2)6-12-20)28-24(27)21-13-7-18(15-25)8-14-21/h3-14,23H,1-2H3/t23-/m0/s1. The van der Waals surface area contributed by atoms with Crippen LogP contribution in [0.25, 0.3) is 0 Å². The summed E-state index contributed by atoms with van der Waals surface area (Å²) in [6.45, 7) is 3.89. The van der Waals surface area contributed by atoms with Crippen molar-refractivity contribution in [1.29, 1.82) is 5.26 Å². The van der Waals surface area contributed by atoms with E-state index < -0.39 is 12.1 Å². The minimum absolute atomic E-state index is 0.285. The lowest BCUT2D eigenvalue weighted by atomic mass is 9.98. The summed E-state index contributed by atoms with van der Waals surface area (Å²) < 4.78 is 5.61. The summed E-state index contributed by atoms with van der Waals surface area (Å²) in [5.74, 6) is -0.902. The number of nitrogens with zero attached hydrogens (tertiary/aromatic N) is 1. The summed E-state index contributed by atoms with van der Waals surface area (Å²) >= 11 is 0. The first-order valence-electron chi connectivity index (χ1n) is 8.86. The Morgan fingerprint density at radius 3 is 1.82 bits per heavy atom. The fourth-order valence-electron chi connectivity index (χ4n) is 2.74. The molecule has 1 atom stereocenters. The SMILES string of the molecule is Cc1ccc(C(=O)[C@@H](OC(=O)c2ccc(C#N)cc2)c2ccc(C)cc2)cc1. The number of hydrogen-bond acceptors (Lipinski definition) is 4. The highest BCUT2D eigenvalue weighted by Gasteiger charge is 2.26. The number of esters is 1. The second kappa shape index (κ2) is 8.32. The Bertz CT molecular complexity index is 1030. The minimum Gasteiger partial charge on any atom is -0.445 e. The van der Waals surface area contributed by atoms with Crippen LogP contribution in [0.4, 0.5) is 0 Å². The second-order valence-corrected chi connectivity index (χ2v) is 6.62. The Hall–Kier alpha value is -3.71. The maximum atomic E-state index is 13.1. The lowest BCUT2D eigenvalue weighted by molar-refractivity contribution is 0.0280. The van der Waals surface area contributed by atoms with Crippen LogP contribution >= 0.6 is 0 Å². The molecular weight excluding hydrogens is 350 g/mol. The normalized spacial score (nSPS) is 11.3. The third-order valence-corrected chi connectivity index (χ3v) is 4.43. The first-order valence-corrected chi connectivity index (χ1v) is 8.86. The van der Waals surface area contributed by atoms with Gasteiger partial charge in [0.05, 0.1) is 17.2 Å². The third-order valence-electron chi connectivity index (χ3n) is 4.43. The molecule has 0 aliphatic heterocycles. The Morgan fingerprint density at radius 1 is 0.786 bits per heavy atom. The van der Waals surface area contributed by atoms with Crippen LogP contribution in [0, 0.1) is 25.2 Å². The lowest BCUT2D eigenvalue weighted by Crippen LogP contribution is -2.20. The van der Waals surface area contributed by atoms with Gasteiger partial charge in [-0.05, 0) is 38.1 Å². The summed E-state index contributed by atoms with van der Waals surface area (Å²) in [5.41, 5.74) is 3.90. The van der Waals surface area contributed by atoms with Gasteiger partial charge in [-0.3, -0.25) is 4.79 Å². The fourth-order valence-corrected chi connectivity index (χ4v) is 2.74. The number of carbonyl (C=O) groups is 2. The molecule has 0 saturated carbocycles. The molecule has 0 aliphatic rings. The number of nitriles is 1. The van der Waals surface area contributed by atoms with Crippen molar-refractivity contribution >= 4 is 11.8 Å². The van der Waals surface area contributed by atoms with E-state index in [0.29, 0.717) is 16.7 Å². The van der Waals surface area contributed by atoms with Crippen LogP contribution < -0.4 is 0 Å². The number of Topliss-reactive ketones (excluding diaryl/α,β-unsaturated/α-hetero) is 1. The zero-order valence-electron chi connectivity index (χ0n) is 15.7. The van der Waals surface area contributed by atoms with Gasteiger partial charge >= 0.3 is 5.97 Å². The Kier molecular flexibility index (Phi) is 5.67. The van der Waals surface area contributed by atoms with E-state index in [0.717, 1.165) is 11.1 Å². The number of carbonyl (C=O) groups excluding carboxylic acids is 2. The van der Waals surface area contributed by atoms with Gasteiger partial charge in [-0.2, -0.15) is 5.26 Å². The van der Waals surface area contributed by atoms with Gasteiger partial charge in [-0.15, -0.1) is 0 Å². The van der Waals surface area contributed by atoms with Crippen molar-refractivity contribution < 1.29 is 14.3 Å². The molecule has 0 amide bonds. The average molecular weight is 369 g/mol. The molecule has 3 aromatic rings. The molecule has 28 heavy (non-hydrogen) atoms.